The highest BCUT2D eigenvalue weighted by Gasteiger charge is 2.30. The number of hydrogen-bond donors (Lipinski definition) is 1. The normalized spacial score (nSPS) is 26.0. The SMILES string of the molecule is CC1CN(C2CCN(C(=O)CN3CCNCC3=O)CC2)CCO1.Cl.Cl. The molecule has 3 rings (SSSR count). The van der Waals surface area contributed by atoms with Gasteiger partial charge in [-0.25, -0.2) is 0 Å². The summed E-state index contributed by atoms with van der Waals surface area (Å²) in [6, 6.07) is 0.561. The number of carbonyl (C=O) groups is 2. The molecule has 3 fully saturated rings. The smallest absolute Gasteiger partial charge is 0.242 e. The van der Waals surface area contributed by atoms with Crippen LogP contribution in [0.3, 0.4) is 0 Å². The molecule has 0 bridgehead atoms. The van der Waals surface area contributed by atoms with Crippen LogP contribution in [0.15, 0.2) is 0 Å². The maximum absolute atomic E-state index is 12.4. The standard InChI is InChI=1S/C16H28N4O3.2ClH/c1-13-11-19(8-9-23-13)14-2-5-18(6-3-14)16(22)12-20-7-4-17-10-15(20)21;;/h13-14,17H,2-12H2,1H3;2*1H. The Labute approximate surface area is 162 Å². The van der Waals surface area contributed by atoms with Crippen LogP contribution in [-0.2, 0) is 14.3 Å². The molecule has 3 saturated heterocycles. The highest BCUT2D eigenvalue weighted by molar-refractivity contribution is 5.86. The van der Waals surface area contributed by atoms with Crippen molar-refractivity contribution in [3.8, 4) is 0 Å². The van der Waals surface area contributed by atoms with Crippen molar-refractivity contribution in [2.75, 3.05) is 59.0 Å². The van der Waals surface area contributed by atoms with E-state index in [1.165, 1.54) is 0 Å². The quantitative estimate of drug-likeness (QED) is 0.725. The van der Waals surface area contributed by atoms with Crippen molar-refractivity contribution >= 4 is 36.6 Å². The third-order valence-electron chi connectivity index (χ3n) is 5.12. The number of rotatable bonds is 3. The first-order valence-corrected chi connectivity index (χ1v) is 8.75. The lowest BCUT2D eigenvalue weighted by atomic mass is 10.0. The largest absolute Gasteiger partial charge is 0.376 e. The van der Waals surface area contributed by atoms with Gasteiger partial charge in [0.15, 0.2) is 0 Å². The Kier molecular flexibility index (Phi) is 9.45. The molecule has 1 unspecified atom stereocenters. The molecule has 0 aromatic rings. The van der Waals surface area contributed by atoms with Crippen LogP contribution in [0.5, 0.6) is 0 Å². The van der Waals surface area contributed by atoms with Gasteiger partial charge in [0.2, 0.25) is 11.8 Å². The molecular formula is C16H30Cl2N4O3. The van der Waals surface area contributed by atoms with Gasteiger partial charge in [0.05, 0.1) is 25.8 Å². The lowest BCUT2D eigenvalue weighted by Gasteiger charge is -2.42. The second kappa shape index (κ2) is 10.5. The number of nitrogens with one attached hydrogen (secondary N) is 1. The molecule has 3 aliphatic rings. The van der Waals surface area contributed by atoms with Gasteiger partial charge in [0.25, 0.3) is 0 Å². The van der Waals surface area contributed by atoms with Crippen LogP contribution in [-0.4, -0.2) is 97.6 Å². The van der Waals surface area contributed by atoms with E-state index in [0.29, 0.717) is 25.2 Å². The van der Waals surface area contributed by atoms with E-state index in [-0.39, 0.29) is 43.2 Å². The van der Waals surface area contributed by atoms with Gasteiger partial charge < -0.3 is 19.9 Å². The van der Waals surface area contributed by atoms with Crippen molar-refractivity contribution in [2.24, 2.45) is 0 Å². The molecule has 1 atom stereocenters. The van der Waals surface area contributed by atoms with Crippen LogP contribution < -0.4 is 5.32 Å². The Morgan fingerprint density at radius 2 is 1.92 bits per heavy atom. The fourth-order valence-corrected chi connectivity index (χ4v) is 3.73. The summed E-state index contributed by atoms with van der Waals surface area (Å²) in [5, 5.41) is 3.03. The highest BCUT2D eigenvalue weighted by Crippen LogP contribution is 2.19. The van der Waals surface area contributed by atoms with Gasteiger partial charge in [0.1, 0.15) is 0 Å². The van der Waals surface area contributed by atoms with E-state index in [0.717, 1.165) is 52.2 Å². The Morgan fingerprint density at radius 1 is 1.20 bits per heavy atom. The third-order valence-corrected chi connectivity index (χ3v) is 5.12. The van der Waals surface area contributed by atoms with E-state index in [2.05, 4.69) is 17.1 Å². The molecule has 0 aromatic carbocycles. The van der Waals surface area contributed by atoms with E-state index in [4.69, 9.17) is 4.74 Å². The Hall–Kier alpha value is -0.600. The maximum atomic E-state index is 12.4. The van der Waals surface area contributed by atoms with Crippen molar-refractivity contribution in [3.05, 3.63) is 0 Å². The van der Waals surface area contributed by atoms with Crippen molar-refractivity contribution < 1.29 is 14.3 Å². The van der Waals surface area contributed by atoms with E-state index in [1.807, 2.05) is 4.90 Å². The van der Waals surface area contributed by atoms with Crippen LogP contribution >= 0.6 is 24.8 Å². The van der Waals surface area contributed by atoms with Crippen molar-refractivity contribution in [2.45, 2.75) is 31.9 Å². The number of piperazine rings is 1. The predicted molar refractivity (Wildman–Crippen MR) is 101 cm³/mol. The number of morpholine rings is 1. The van der Waals surface area contributed by atoms with Gasteiger partial charge >= 0.3 is 0 Å². The molecule has 0 radical (unpaired) electrons. The number of nitrogens with zero attached hydrogens (tertiary/aromatic N) is 3. The maximum Gasteiger partial charge on any atom is 0.242 e. The molecule has 1 N–H and O–H groups in total. The van der Waals surface area contributed by atoms with Gasteiger partial charge in [-0.15, -0.1) is 24.8 Å². The molecular weight excluding hydrogens is 367 g/mol. The summed E-state index contributed by atoms with van der Waals surface area (Å²) in [7, 11) is 0. The minimum Gasteiger partial charge on any atom is -0.376 e. The van der Waals surface area contributed by atoms with Gasteiger partial charge in [-0.2, -0.15) is 0 Å². The third kappa shape index (κ3) is 5.96. The first-order valence-electron chi connectivity index (χ1n) is 8.75. The van der Waals surface area contributed by atoms with E-state index >= 15 is 0 Å². The monoisotopic (exact) mass is 396 g/mol. The van der Waals surface area contributed by atoms with Gasteiger partial charge in [-0.3, -0.25) is 14.5 Å². The molecule has 0 spiro atoms. The summed E-state index contributed by atoms with van der Waals surface area (Å²) in [4.78, 5) is 30.3. The van der Waals surface area contributed by atoms with Crippen molar-refractivity contribution in [1.29, 1.82) is 0 Å². The number of hydrogen-bond acceptors (Lipinski definition) is 5. The molecule has 3 heterocycles. The summed E-state index contributed by atoms with van der Waals surface area (Å²) in [5.41, 5.74) is 0. The second-order valence-electron chi connectivity index (χ2n) is 6.78. The highest BCUT2D eigenvalue weighted by atomic mass is 35.5. The Balaban J connectivity index is 0.00000156. The zero-order valence-electron chi connectivity index (χ0n) is 14.8. The lowest BCUT2D eigenvalue weighted by molar-refractivity contribution is -0.142. The van der Waals surface area contributed by atoms with Gasteiger partial charge in [0, 0.05) is 45.3 Å². The van der Waals surface area contributed by atoms with Crippen molar-refractivity contribution in [3.63, 3.8) is 0 Å². The lowest BCUT2D eigenvalue weighted by Crippen LogP contribution is -2.55. The topological polar surface area (TPSA) is 65.1 Å². The number of carbonyl (C=O) groups excluding carboxylic acids is 2. The van der Waals surface area contributed by atoms with E-state index < -0.39 is 0 Å². The number of halogens is 2. The summed E-state index contributed by atoms with van der Waals surface area (Å²) in [5.74, 6) is 0.121. The second-order valence-corrected chi connectivity index (χ2v) is 6.78. The fourth-order valence-electron chi connectivity index (χ4n) is 3.73. The Morgan fingerprint density at radius 3 is 2.56 bits per heavy atom. The number of piperidine rings is 1. The molecule has 9 heteroatoms. The minimum absolute atomic E-state index is 0. The van der Waals surface area contributed by atoms with E-state index in [9.17, 15) is 9.59 Å². The fraction of sp³-hybridized carbons (Fsp3) is 0.875. The van der Waals surface area contributed by atoms with Crippen LogP contribution in [0.2, 0.25) is 0 Å². The molecule has 0 aromatic heterocycles. The minimum atomic E-state index is 0. The number of likely N-dealkylation sites (tertiary alicyclic amines) is 1. The molecule has 146 valence electrons. The van der Waals surface area contributed by atoms with Gasteiger partial charge in [-0.05, 0) is 19.8 Å². The summed E-state index contributed by atoms with van der Waals surface area (Å²) in [6.45, 7) is 8.52. The molecule has 25 heavy (non-hydrogen) atoms. The molecule has 0 aliphatic carbocycles. The average Bonchev–Trinajstić information content (AvgIpc) is 2.57. The zero-order chi connectivity index (χ0) is 16.2. The molecule has 3 aliphatic heterocycles. The van der Waals surface area contributed by atoms with E-state index in [1.54, 1.807) is 4.90 Å². The predicted octanol–water partition coefficient (Wildman–Crippen LogP) is -0.0265. The first kappa shape index (κ1) is 22.4. The van der Waals surface area contributed by atoms with Crippen LogP contribution in [0.1, 0.15) is 19.8 Å². The molecule has 0 saturated carbocycles. The summed E-state index contributed by atoms with van der Waals surface area (Å²) >= 11 is 0. The van der Waals surface area contributed by atoms with Crippen molar-refractivity contribution in [1.82, 2.24) is 20.0 Å². The first-order chi connectivity index (χ1) is 11.1. The number of ether oxygens (including phenoxy) is 1. The molecule has 2 amide bonds. The average molecular weight is 397 g/mol. The van der Waals surface area contributed by atoms with Gasteiger partial charge in [-0.1, -0.05) is 0 Å². The van der Waals surface area contributed by atoms with Crippen LogP contribution in [0.25, 0.3) is 0 Å². The number of amides is 2. The van der Waals surface area contributed by atoms with Crippen LogP contribution in [0.4, 0.5) is 0 Å². The summed E-state index contributed by atoms with van der Waals surface area (Å²) in [6.07, 6.45) is 2.35. The zero-order valence-corrected chi connectivity index (χ0v) is 16.4. The Bertz CT molecular complexity index is 447. The molecule has 7 nitrogen and oxygen atoms in total. The van der Waals surface area contributed by atoms with Crippen LogP contribution in [0, 0.1) is 0 Å². The summed E-state index contributed by atoms with van der Waals surface area (Å²) < 4.78 is 5.60.